The van der Waals surface area contributed by atoms with Crippen LogP contribution in [0.5, 0.6) is 5.75 Å². The molecule has 1 aromatic heterocycles. The predicted molar refractivity (Wildman–Crippen MR) is 117 cm³/mol. The molecule has 29 heavy (non-hydrogen) atoms. The Kier molecular flexibility index (Phi) is 8.12. The van der Waals surface area contributed by atoms with E-state index < -0.39 is 0 Å². The molecule has 0 spiro atoms. The van der Waals surface area contributed by atoms with Crippen LogP contribution in [0.4, 0.5) is 5.82 Å². The predicted octanol–water partition coefficient (Wildman–Crippen LogP) is 2.39. The fourth-order valence-electron chi connectivity index (χ4n) is 3.31. The van der Waals surface area contributed by atoms with Crippen molar-refractivity contribution in [3.8, 4) is 5.75 Å². The molecule has 1 aromatic carbocycles. The van der Waals surface area contributed by atoms with Crippen molar-refractivity contribution in [2.45, 2.75) is 13.0 Å². The molecule has 3 rings (SSSR count). The first-order valence-electron chi connectivity index (χ1n) is 10.1. The van der Waals surface area contributed by atoms with Gasteiger partial charge in [0.1, 0.15) is 11.6 Å². The van der Waals surface area contributed by atoms with Gasteiger partial charge in [0, 0.05) is 52.6 Å². The number of benzene rings is 1. The van der Waals surface area contributed by atoms with E-state index in [9.17, 15) is 0 Å². The largest absolute Gasteiger partial charge is 0.497 e. The van der Waals surface area contributed by atoms with Gasteiger partial charge in [0.15, 0.2) is 5.96 Å². The number of nitrogens with zero attached hydrogens (tertiary/aromatic N) is 4. The lowest BCUT2D eigenvalue weighted by Gasteiger charge is -2.37. The van der Waals surface area contributed by atoms with Crippen molar-refractivity contribution < 1.29 is 9.47 Å². The van der Waals surface area contributed by atoms with Crippen LogP contribution in [0.3, 0.4) is 0 Å². The van der Waals surface area contributed by atoms with Crippen LogP contribution in [0.1, 0.15) is 12.0 Å². The third kappa shape index (κ3) is 6.35. The van der Waals surface area contributed by atoms with Gasteiger partial charge in [-0.25, -0.2) is 4.98 Å². The third-order valence-corrected chi connectivity index (χ3v) is 4.94. The van der Waals surface area contributed by atoms with Crippen LogP contribution in [0, 0.1) is 0 Å². The Morgan fingerprint density at radius 2 is 1.90 bits per heavy atom. The number of rotatable bonds is 8. The van der Waals surface area contributed by atoms with E-state index in [1.165, 1.54) is 0 Å². The van der Waals surface area contributed by atoms with Crippen molar-refractivity contribution >= 4 is 11.8 Å². The zero-order valence-electron chi connectivity index (χ0n) is 17.4. The van der Waals surface area contributed by atoms with Gasteiger partial charge in [0.2, 0.25) is 0 Å². The zero-order chi connectivity index (χ0) is 20.3. The molecule has 156 valence electrons. The Morgan fingerprint density at radius 3 is 2.55 bits per heavy atom. The first-order chi connectivity index (χ1) is 14.3. The minimum atomic E-state index is 0.619. The Labute approximate surface area is 173 Å². The molecule has 0 amide bonds. The second kappa shape index (κ2) is 11.3. The van der Waals surface area contributed by atoms with Crippen LogP contribution < -0.4 is 15.0 Å². The fraction of sp³-hybridized carbons (Fsp3) is 0.455. The molecule has 0 saturated carbocycles. The summed E-state index contributed by atoms with van der Waals surface area (Å²) in [4.78, 5) is 13.5. The maximum absolute atomic E-state index is 5.77. The summed E-state index contributed by atoms with van der Waals surface area (Å²) in [6.07, 6.45) is 2.78. The summed E-state index contributed by atoms with van der Waals surface area (Å²) in [5, 5.41) is 3.45. The summed E-state index contributed by atoms with van der Waals surface area (Å²) in [5.74, 6) is 2.87. The smallest absolute Gasteiger partial charge is 0.193 e. The molecular weight excluding hydrogens is 366 g/mol. The number of methoxy groups -OCH3 is 1. The maximum Gasteiger partial charge on any atom is 0.193 e. The third-order valence-electron chi connectivity index (χ3n) is 4.94. The summed E-state index contributed by atoms with van der Waals surface area (Å²) in [5.41, 5.74) is 1.15. The topological polar surface area (TPSA) is 62.2 Å². The Morgan fingerprint density at radius 1 is 1.10 bits per heavy atom. The average Bonchev–Trinajstić information content (AvgIpc) is 2.80. The SMILES string of the molecule is CN=C(NCCCOCc1ccc(OC)cc1)N1CCN(c2ccccn2)CC1. The van der Waals surface area contributed by atoms with Gasteiger partial charge in [-0.3, -0.25) is 4.99 Å². The molecule has 7 heteroatoms. The second-order valence-corrected chi connectivity index (χ2v) is 6.89. The van der Waals surface area contributed by atoms with Crippen molar-refractivity contribution in [2.75, 3.05) is 58.4 Å². The molecule has 0 unspecified atom stereocenters. The number of hydrogen-bond donors (Lipinski definition) is 1. The van der Waals surface area contributed by atoms with Crippen molar-refractivity contribution in [2.24, 2.45) is 4.99 Å². The maximum atomic E-state index is 5.77. The quantitative estimate of drug-likeness (QED) is 0.419. The lowest BCUT2D eigenvalue weighted by atomic mass is 10.2. The Hall–Kier alpha value is -2.80. The van der Waals surface area contributed by atoms with Crippen molar-refractivity contribution in [1.82, 2.24) is 15.2 Å². The van der Waals surface area contributed by atoms with Gasteiger partial charge in [-0.15, -0.1) is 0 Å². The van der Waals surface area contributed by atoms with Gasteiger partial charge in [-0.05, 0) is 36.2 Å². The number of nitrogens with one attached hydrogen (secondary N) is 1. The van der Waals surface area contributed by atoms with Gasteiger partial charge >= 0.3 is 0 Å². The molecular formula is C22H31N5O2. The summed E-state index contributed by atoms with van der Waals surface area (Å²) < 4.78 is 10.9. The number of hydrogen-bond acceptors (Lipinski definition) is 5. The molecule has 0 bridgehead atoms. The first kappa shape index (κ1) is 20.9. The van der Waals surface area contributed by atoms with E-state index >= 15 is 0 Å². The molecule has 2 heterocycles. The summed E-state index contributed by atoms with van der Waals surface area (Å²) in [6.45, 7) is 5.94. The number of pyridine rings is 1. The lowest BCUT2D eigenvalue weighted by molar-refractivity contribution is 0.119. The molecule has 1 aliphatic heterocycles. The van der Waals surface area contributed by atoms with Crippen molar-refractivity contribution in [3.63, 3.8) is 0 Å². The minimum Gasteiger partial charge on any atom is -0.497 e. The number of aromatic nitrogens is 1. The molecule has 7 nitrogen and oxygen atoms in total. The highest BCUT2D eigenvalue weighted by Crippen LogP contribution is 2.13. The number of aliphatic imine (C=N–C) groups is 1. The molecule has 0 atom stereocenters. The highest BCUT2D eigenvalue weighted by atomic mass is 16.5. The molecule has 1 saturated heterocycles. The Bertz CT molecular complexity index is 744. The van der Waals surface area contributed by atoms with Gasteiger partial charge < -0.3 is 24.6 Å². The monoisotopic (exact) mass is 397 g/mol. The van der Waals surface area contributed by atoms with Crippen LogP contribution in [0.15, 0.2) is 53.7 Å². The van der Waals surface area contributed by atoms with E-state index in [0.717, 1.165) is 62.2 Å². The molecule has 1 fully saturated rings. The highest BCUT2D eigenvalue weighted by molar-refractivity contribution is 5.80. The number of anilines is 1. The van der Waals surface area contributed by atoms with Gasteiger partial charge in [-0.1, -0.05) is 18.2 Å². The summed E-state index contributed by atoms with van der Waals surface area (Å²) in [6, 6.07) is 14.0. The van der Waals surface area contributed by atoms with Gasteiger partial charge in [0.25, 0.3) is 0 Å². The van der Waals surface area contributed by atoms with Gasteiger partial charge in [0.05, 0.1) is 13.7 Å². The molecule has 0 aliphatic carbocycles. The molecule has 1 aliphatic rings. The van der Waals surface area contributed by atoms with E-state index in [1.54, 1.807) is 7.11 Å². The van der Waals surface area contributed by atoms with Gasteiger partial charge in [-0.2, -0.15) is 0 Å². The van der Waals surface area contributed by atoms with E-state index in [4.69, 9.17) is 9.47 Å². The average molecular weight is 398 g/mol. The number of piperazine rings is 1. The highest BCUT2D eigenvalue weighted by Gasteiger charge is 2.20. The lowest BCUT2D eigenvalue weighted by Crippen LogP contribution is -2.52. The van der Waals surface area contributed by atoms with E-state index in [0.29, 0.717) is 13.2 Å². The van der Waals surface area contributed by atoms with Crippen molar-refractivity contribution in [1.29, 1.82) is 0 Å². The normalized spacial score (nSPS) is 14.8. The van der Waals surface area contributed by atoms with E-state index in [-0.39, 0.29) is 0 Å². The van der Waals surface area contributed by atoms with Crippen molar-refractivity contribution in [3.05, 3.63) is 54.2 Å². The van der Waals surface area contributed by atoms with Crippen LogP contribution >= 0.6 is 0 Å². The van der Waals surface area contributed by atoms with Crippen LogP contribution in [0.2, 0.25) is 0 Å². The molecule has 2 aromatic rings. The van der Waals surface area contributed by atoms with Crippen LogP contribution in [-0.2, 0) is 11.3 Å². The number of ether oxygens (including phenoxy) is 2. The standard InChI is InChI=1S/C22H31N5O2/c1-23-22(27-15-13-26(14-16-27)21-6-3-4-11-24-21)25-12-5-17-29-18-19-7-9-20(28-2)10-8-19/h3-4,6-11H,5,12-18H2,1-2H3,(H,23,25). The fourth-order valence-corrected chi connectivity index (χ4v) is 3.31. The van der Waals surface area contributed by atoms with E-state index in [2.05, 4.69) is 31.2 Å². The summed E-state index contributed by atoms with van der Waals surface area (Å²) >= 11 is 0. The van der Waals surface area contributed by atoms with E-state index in [1.807, 2.05) is 49.6 Å². The van der Waals surface area contributed by atoms with Crippen LogP contribution in [-0.4, -0.2) is 69.3 Å². The van der Waals surface area contributed by atoms with Crippen LogP contribution in [0.25, 0.3) is 0 Å². The Balaban J connectivity index is 1.31. The molecule has 1 N–H and O–H groups in total. The number of guanidine groups is 1. The summed E-state index contributed by atoms with van der Waals surface area (Å²) in [7, 11) is 3.51. The minimum absolute atomic E-state index is 0.619. The second-order valence-electron chi connectivity index (χ2n) is 6.89. The molecule has 0 radical (unpaired) electrons. The zero-order valence-corrected chi connectivity index (χ0v) is 17.4. The first-order valence-corrected chi connectivity index (χ1v) is 10.1.